The van der Waals surface area contributed by atoms with E-state index in [0.29, 0.717) is 17.4 Å². The van der Waals surface area contributed by atoms with Crippen LogP contribution < -0.4 is 4.89 Å². The Kier molecular flexibility index (Phi) is 68.3. The van der Waals surface area contributed by atoms with Gasteiger partial charge in [-0.1, -0.05) is 343 Å². The number of carbonyl (C=O) groups excluding carboxylic acids is 2. The molecule has 0 spiro atoms. The lowest BCUT2D eigenvalue weighted by Gasteiger charge is -2.28. The average Bonchev–Trinajstić information content (AvgIpc) is 3.58. The van der Waals surface area contributed by atoms with Crippen molar-refractivity contribution in [3.63, 3.8) is 0 Å². The monoisotopic (exact) mass is 1280 g/mol. The molecule has 0 bridgehead atoms. The lowest BCUT2D eigenvalue weighted by Crippen LogP contribution is -2.37. The van der Waals surface area contributed by atoms with Crippen LogP contribution in [-0.4, -0.2) is 70.0 Å². The lowest BCUT2D eigenvalue weighted by atomic mass is 10.0. The molecule has 0 aromatic heterocycles. The van der Waals surface area contributed by atoms with Crippen LogP contribution in [0.5, 0.6) is 0 Å². The lowest BCUT2D eigenvalue weighted by molar-refractivity contribution is -0.870. The van der Waals surface area contributed by atoms with Crippen molar-refractivity contribution in [1.29, 1.82) is 0 Å². The van der Waals surface area contributed by atoms with Gasteiger partial charge in [0.15, 0.2) is 6.10 Å². The fourth-order valence-electron chi connectivity index (χ4n) is 11.1. The van der Waals surface area contributed by atoms with Gasteiger partial charge in [0.25, 0.3) is 7.82 Å². The van der Waals surface area contributed by atoms with Gasteiger partial charge in [0.05, 0.1) is 27.7 Å². The van der Waals surface area contributed by atoms with Crippen molar-refractivity contribution >= 4 is 19.8 Å². The molecule has 0 aliphatic rings. The van der Waals surface area contributed by atoms with Crippen LogP contribution in [0.2, 0.25) is 0 Å². The van der Waals surface area contributed by atoms with Gasteiger partial charge in [-0.15, -0.1) is 0 Å². The Bertz CT molecular complexity index is 1800. The standard InChI is InChI=1S/C80H146NO8P/c1-6-8-10-12-14-16-18-20-22-24-26-28-30-32-34-36-38-40-42-44-46-48-50-52-54-56-58-60-62-64-66-68-70-72-79(82)86-76-78(77-88-90(84,85)87-75-74-81(3,4)5)89-80(83)73-71-69-67-65-63-61-59-57-55-53-51-49-47-45-43-41-39-37-35-33-31-29-27-25-23-21-19-17-15-13-11-9-7-2/h9,11,15,17-18,20-21,23-24,26-27,29,33,35,78H,6-8,10,12-14,16,19,22,25,28,30-32,34,36-77H2,1-5H3/b11-9-,17-15-,20-18-,23-21-,26-24-,29-27-,35-33-. The first-order chi connectivity index (χ1) is 44.0. The Morgan fingerprint density at radius 1 is 0.356 bits per heavy atom. The third-order valence-electron chi connectivity index (χ3n) is 16.9. The Hall–Kier alpha value is -2.81. The van der Waals surface area contributed by atoms with E-state index < -0.39 is 26.5 Å². The van der Waals surface area contributed by atoms with Gasteiger partial charge in [-0.05, 0) is 89.9 Å². The van der Waals surface area contributed by atoms with Crippen LogP contribution in [0.4, 0.5) is 0 Å². The highest BCUT2D eigenvalue weighted by Crippen LogP contribution is 2.38. The summed E-state index contributed by atoms with van der Waals surface area (Å²) in [7, 11) is 1.18. The molecular formula is C80H146NO8P. The second-order valence-electron chi connectivity index (χ2n) is 27.0. The van der Waals surface area contributed by atoms with Gasteiger partial charge in [0.1, 0.15) is 19.8 Å². The van der Waals surface area contributed by atoms with Gasteiger partial charge in [-0.25, -0.2) is 0 Å². The number of phosphoric acid groups is 1. The predicted molar refractivity (Wildman–Crippen MR) is 388 cm³/mol. The maximum Gasteiger partial charge on any atom is 0.306 e. The summed E-state index contributed by atoms with van der Waals surface area (Å²) in [6, 6.07) is 0. The minimum Gasteiger partial charge on any atom is -0.756 e. The zero-order chi connectivity index (χ0) is 65.5. The molecule has 0 aliphatic heterocycles. The normalized spacial score (nSPS) is 13.5. The van der Waals surface area contributed by atoms with Crippen molar-refractivity contribution in [3.05, 3.63) is 85.1 Å². The minimum absolute atomic E-state index is 0.0307. The maximum absolute atomic E-state index is 12.9. The molecule has 0 rings (SSSR count). The molecule has 0 aliphatic carbocycles. The summed E-state index contributed by atoms with van der Waals surface area (Å²) in [5.74, 6) is -0.817. The molecule has 0 N–H and O–H groups in total. The molecule has 2 atom stereocenters. The highest BCUT2D eigenvalue weighted by atomic mass is 31.2. The van der Waals surface area contributed by atoms with Gasteiger partial charge >= 0.3 is 11.9 Å². The molecule has 0 saturated carbocycles. The number of hydrogen-bond donors (Lipinski definition) is 0. The second kappa shape index (κ2) is 70.5. The van der Waals surface area contributed by atoms with Crippen LogP contribution in [0.25, 0.3) is 0 Å². The van der Waals surface area contributed by atoms with Gasteiger partial charge in [0, 0.05) is 12.8 Å². The van der Waals surface area contributed by atoms with Crippen molar-refractivity contribution in [1.82, 2.24) is 0 Å². The van der Waals surface area contributed by atoms with E-state index >= 15 is 0 Å². The Balaban J connectivity index is 3.96. The number of quaternary nitrogens is 1. The molecule has 0 saturated heterocycles. The zero-order valence-corrected chi connectivity index (χ0v) is 60.7. The molecule has 90 heavy (non-hydrogen) atoms. The summed E-state index contributed by atoms with van der Waals surface area (Å²) >= 11 is 0. The summed E-state index contributed by atoms with van der Waals surface area (Å²) in [5.41, 5.74) is 0. The van der Waals surface area contributed by atoms with Crippen LogP contribution in [0.1, 0.15) is 361 Å². The SMILES string of the molecule is CC/C=C\C/C=C\C/C=C\C/C=C\C/C=C\CCCCCCCCCCCCCCCCCCCC(=O)OC(COC(=O)CCCCCCCCCCCCCCCCCCCCCCC/C=C\C/C=C\CCCCCCC)COP(=O)([O-])OCC[N+](C)(C)C. The Morgan fingerprint density at radius 3 is 0.944 bits per heavy atom. The van der Waals surface area contributed by atoms with Crippen molar-refractivity contribution in [2.45, 2.75) is 367 Å². The van der Waals surface area contributed by atoms with Gasteiger partial charge in [0.2, 0.25) is 0 Å². The minimum atomic E-state index is -4.65. The van der Waals surface area contributed by atoms with Crippen molar-refractivity contribution in [2.75, 3.05) is 47.5 Å². The van der Waals surface area contributed by atoms with Crippen LogP contribution >= 0.6 is 7.82 Å². The number of carbonyl (C=O) groups is 2. The first kappa shape index (κ1) is 87.2. The van der Waals surface area contributed by atoms with E-state index in [1.165, 1.54) is 250 Å². The van der Waals surface area contributed by atoms with E-state index in [1.807, 2.05) is 21.1 Å². The predicted octanol–water partition coefficient (Wildman–Crippen LogP) is 24.6. The van der Waals surface area contributed by atoms with Crippen molar-refractivity contribution in [3.8, 4) is 0 Å². The number of likely N-dealkylation sites (N-methyl/N-ethyl adjacent to an activating group) is 1. The zero-order valence-electron chi connectivity index (χ0n) is 59.8. The Labute approximate surface area is 558 Å². The Morgan fingerprint density at radius 2 is 0.633 bits per heavy atom. The molecule has 0 radical (unpaired) electrons. The first-order valence-corrected chi connectivity index (χ1v) is 39.8. The maximum atomic E-state index is 12.9. The first-order valence-electron chi connectivity index (χ1n) is 38.3. The molecule has 9 nitrogen and oxygen atoms in total. The number of unbranched alkanes of at least 4 members (excludes halogenated alkanes) is 43. The molecular weight excluding hydrogens is 1130 g/mol. The van der Waals surface area contributed by atoms with Crippen LogP contribution in [-0.2, 0) is 32.7 Å². The van der Waals surface area contributed by atoms with Crippen LogP contribution in [0, 0.1) is 0 Å². The quantitative estimate of drug-likeness (QED) is 0.0195. The molecule has 0 heterocycles. The number of nitrogens with zero attached hydrogens (tertiary/aromatic N) is 1. The molecule has 0 amide bonds. The summed E-state index contributed by atoms with van der Waals surface area (Å²) < 4.78 is 34.4. The number of ether oxygens (including phenoxy) is 2. The molecule has 524 valence electrons. The van der Waals surface area contributed by atoms with E-state index in [4.69, 9.17) is 18.5 Å². The van der Waals surface area contributed by atoms with Gasteiger partial charge in [-0.3, -0.25) is 14.2 Å². The van der Waals surface area contributed by atoms with E-state index in [-0.39, 0.29) is 32.0 Å². The second-order valence-corrected chi connectivity index (χ2v) is 28.4. The smallest absolute Gasteiger partial charge is 0.306 e. The van der Waals surface area contributed by atoms with E-state index in [1.54, 1.807) is 0 Å². The third-order valence-corrected chi connectivity index (χ3v) is 17.9. The highest BCUT2D eigenvalue weighted by molar-refractivity contribution is 7.45. The highest BCUT2D eigenvalue weighted by Gasteiger charge is 2.22. The van der Waals surface area contributed by atoms with Gasteiger partial charge in [-0.2, -0.15) is 0 Å². The third kappa shape index (κ3) is 74.2. The van der Waals surface area contributed by atoms with Crippen molar-refractivity contribution < 1.29 is 42.1 Å². The summed E-state index contributed by atoms with van der Waals surface area (Å²) in [6.45, 7) is 4.17. The van der Waals surface area contributed by atoms with Crippen LogP contribution in [0.15, 0.2) is 85.1 Å². The van der Waals surface area contributed by atoms with Crippen molar-refractivity contribution in [2.24, 2.45) is 0 Å². The molecule has 2 unspecified atom stereocenters. The van der Waals surface area contributed by atoms with E-state index in [0.717, 1.165) is 77.0 Å². The molecule has 0 aromatic rings. The fourth-order valence-corrected chi connectivity index (χ4v) is 11.8. The summed E-state index contributed by atoms with van der Waals surface area (Å²) in [5, 5.41) is 0. The van der Waals surface area contributed by atoms with Crippen LogP contribution in [0.3, 0.4) is 0 Å². The largest absolute Gasteiger partial charge is 0.756 e. The molecule has 0 aromatic carbocycles. The topological polar surface area (TPSA) is 111 Å². The number of esters is 2. The fraction of sp³-hybridized carbons (Fsp3) is 0.800. The average molecular weight is 1280 g/mol. The van der Waals surface area contributed by atoms with Gasteiger partial charge < -0.3 is 27.9 Å². The van der Waals surface area contributed by atoms with E-state index in [9.17, 15) is 19.0 Å². The molecule has 10 heteroatoms. The number of phosphoric ester groups is 1. The number of rotatable bonds is 71. The number of hydrogen-bond acceptors (Lipinski definition) is 8. The summed E-state index contributed by atoms with van der Waals surface area (Å²) in [6.07, 6.45) is 96.9. The molecule has 0 fully saturated rings. The summed E-state index contributed by atoms with van der Waals surface area (Å²) in [4.78, 5) is 38.2. The number of allylic oxidation sites excluding steroid dienone is 14. The van der Waals surface area contributed by atoms with E-state index in [2.05, 4.69) is 98.9 Å².